The summed E-state index contributed by atoms with van der Waals surface area (Å²) >= 11 is 3.55. The summed E-state index contributed by atoms with van der Waals surface area (Å²) in [6.45, 7) is 5.49. The van der Waals surface area contributed by atoms with E-state index in [-0.39, 0.29) is 0 Å². The second-order valence-electron chi connectivity index (χ2n) is 6.00. The molecule has 1 aliphatic rings. The van der Waals surface area contributed by atoms with Crippen LogP contribution in [0.5, 0.6) is 0 Å². The normalized spacial score (nSPS) is 15.6. The molecule has 4 rings (SSSR count). The minimum Gasteiger partial charge on any atom is -0.379 e. The summed E-state index contributed by atoms with van der Waals surface area (Å²) in [5.74, 6) is 1.01. The molecule has 4 heterocycles. The fourth-order valence-electron chi connectivity index (χ4n) is 3.06. The van der Waals surface area contributed by atoms with Crippen LogP contribution in [0.2, 0.25) is 0 Å². The second-order valence-corrected chi connectivity index (χ2v) is 6.92. The number of ether oxygens (including phenoxy) is 1. The molecule has 0 spiro atoms. The molecule has 1 saturated heterocycles. The van der Waals surface area contributed by atoms with E-state index in [1.165, 1.54) is 0 Å². The van der Waals surface area contributed by atoms with E-state index in [1.807, 2.05) is 30.5 Å². The Kier molecular flexibility index (Phi) is 4.96. The van der Waals surface area contributed by atoms with E-state index in [1.54, 1.807) is 12.4 Å². The molecule has 25 heavy (non-hydrogen) atoms. The van der Waals surface area contributed by atoms with Crippen molar-refractivity contribution < 1.29 is 4.74 Å². The molecule has 1 fully saturated rings. The lowest BCUT2D eigenvalue weighted by Crippen LogP contribution is -2.39. The molecule has 6 nitrogen and oxygen atoms in total. The highest BCUT2D eigenvalue weighted by atomic mass is 79.9. The maximum atomic E-state index is 5.41. The van der Waals surface area contributed by atoms with Gasteiger partial charge in [-0.2, -0.15) is 0 Å². The number of fused-ring (bicyclic) bond motifs is 1. The van der Waals surface area contributed by atoms with Crippen molar-refractivity contribution in [2.75, 3.05) is 44.7 Å². The lowest BCUT2D eigenvalue weighted by molar-refractivity contribution is 0.0398. The topological polar surface area (TPSA) is 54.7 Å². The summed E-state index contributed by atoms with van der Waals surface area (Å²) in [4.78, 5) is 11.3. The molecule has 0 atom stereocenters. The summed E-state index contributed by atoms with van der Waals surface area (Å²) in [5.41, 5.74) is 2.93. The van der Waals surface area contributed by atoms with Crippen molar-refractivity contribution in [1.82, 2.24) is 19.3 Å². The SMILES string of the molecule is Brc1ccc2nc(-c3ccncc3)c(NCCN3CCOCC3)n2c1. The molecule has 0 aliphatic carbocycles. The highest BCUT2D eigenvalue weighted by molar-refractivity contribution is 9.10. The predicted molar refractivity (Wildman–Crippen MR) is 102 cm³/mol. The number of rotatable bonds is 5. The van der Waals surface area contributed by atoms with Crippen molar-refractivity contribution in [2.24, 2.45) is 0 Å². The quantitative estimate of drug-likeness (QED) is 0.712. The first kappa shape index (κ1) is 16.5. The zero-order valence-electron chi connectivity index (χ0n) is 13.9. The molecule has 0 amide bonds. The predicted octanol–water partition coefficient (Wildman–Crippen LogP) is 2.90. The summed E-state index contributed by atoms with van der Waals surface area (Å²) < 4.78 is 8.53. The Balaban J connectivity index is 1.61. The Labute approximate surface area is 155 Å². The molecule has 0 radical (unpaired) electrons. The minimum atomic E-state index is 0.824. The number of pyridine rings is 2. The van der Waals surface area contributed by atoms with Gasteiger partial charge in [-0.25, -0.2) is 4.98 Å². The summed E-state index contributed by atoms with van der Waals surface area (Å²) in [6.07, 6.45) is 5.64. The molecular formula is C18H20BrN5O. The monoisotopic (exact) mass is 401 g/mol. The third kappa shape index (κ3) is 3.68. The zero-order chi connectivity index (χ0) is 17.1. The first-order valence-corrected chi connectivity index (χ1v) is 9.22. The highest BCUT2D eigenvalue weighted by Crippen LogP contribution is 2.29. The summed E-state index contributed by atoms with van der Waals surface area (Å²) in [6, 6.07) is 8.01. The van der Waals surface area contributed by atoms with Gasteiger partial charge in [0.2, 0.25) is 0 Å². The third-order valence-electron chi connectivity index (χ3n) is 4.36. The third-order valence-corrected chi connectivity index (χ3v) is 4.83. The van der Waals surface area contributed by atoms with Crippen LogP contribution in [0, 0.1) is 0 Å². The van der Waals surface area contributed by atoms with E-state index < -0.39 is 0 Å². The van der Waals surface area contributed by atoms with E-state index >= 15 is 0 Å². The van der Waals surface area contributed by atoms with E-state index in [9.17, 15) is 0 Å². The van der Waals surface area contributed by atoms with Gasteiger partial charge in [-0.1, -0.05) is 0 Å². The first-order valence-electron chi connectivity index (χ1n) is 8.43. The Morgan fingerprint density at radius 2 is 1.92 bits per heavy atom. The lowest BCUT2D eigenvalue weighted by Gasteiger charge is -2.26. The number of nitrogens with zero attached hydrogens (tertiary/aromatic N) is 4. The van der Waals surface area contributed by atoms with Crippen LogP contribution in [0.1, 0.15) is 0 Å². The van der Waals surface area contributed by atoms with E-state index in [0.29, 0.717) is 0 Å². The van der Waals surface area contributed by atoms with Crippen LogP contribution >= 0.6 is 15.9 Å². The van der Waals surface area contributed by atoms with Crippen LogP contribution in [0.25, 0.3) is 16.9 Å². The van der Waals surface area contributed by atoms with Crippen molar-refractivity contribution in [3.63, 3.8) is 0 Å². The van der Waals surface area contributed by atoms with Gasteiger partial charge in [-0.15, -0.1) is 0 Å². The number of halogens is 1. The van der Waals surface area contributed by atoms with Gasteiger partial charge in [-0.05, 0) is 40.2 Å². The molecule has 3 aromatic heterocycles. The average Bonchev–Trinajstić information content (AvgIpc) is 3.01. The number of nitrogens with one attached hydrogen (secondary N) is 1. The molecular weight excluding hydrogens is 382 g/mol. The Morgan fingerprint density at radius 3 is 2.72 bits per heavy atom. The van der Waals surface area contributed by atoms with Gasteiger partial charge in [0.05, 0.1) is 13.2 Å². The molecule has 0 saturated carbocycles. The summed E-state index contributed by atoms with van der Waals surface area (Å²) in [5, 5.41) is 3.59. The lowest BCUT2D eigenvalue weighted by atomic mass is 10.2. The maximum Gasteiger partial charge on any atom is 0.139 e. The zero-order valence-corrected chi connectivity index (χ0v) is 15.4. The number of hydrogen-bond acceptors (Lipinski definition) is 5. The van der Waals surface area contributed by atoms with Crippen molar-refractivity contribution in [3.05, 3.63) is 47.3 Å². The Bertz CT molecular complexity index is 845. The number of anilines is 1. The van der Waals surface area contributed by atoms with Gasteiger partial charge >= 0.3 is 0 Å². The smallest absolute Gasteiger partial charge is 0.139 e. The van der Waals surface area contributed by atoms with Gasteiger partial charge in [0.15, 0.2) is 0 Å². The van der Waals surface area contributed by atoms with Gasteiger partial charge in [0.25, 0.3) is 0 Å². The van der Waals surface area contributed by atoms with Crippen molar-refractivity contribution in [3.8, 4) is 11.3 Å². The summed E-state index contributed by atoms with van der Waals surface area (Å²) in [7, 11) is 0. The average molecular weight is 402 g/mol. The molecule has 1 aliphatic heterocycles. The minimum absolute atomic E-state index is 0.824. The number of aromatic nitrogens is 3. The van der Waals surface area contributed by atoms with Gasteiger partial charge < -0.3 is 10.1 Å². The van der Waals surface area contributed by atoms with Gasteiger partial charge in [0, 0.05) is 54.8 Å². The molecule has 0 bridgehead atoms. The fourth-order valence-corrected chi connectivity index (χ4v) is 3.39. The standard InChI is InChI=1S/C18H20BrN5O/c19-15-1-2-16-22-17(14-3-5-20-6-4-14)18(24(16)13-15)21-7-8-23-9-11-25-12-10-23/h1-6,13,21H,7-12H2. The molecule has 1 N–H and O–H groups in total. The Hall–Kier alpha value is -1.96. The maximum absolute atomic E-state index is 5.41. The van der Waals surface area contributed by atoms with Gasteiger partial charge in [-0.3, -0.25) is 14.3 Å². The number of imidazole rings is 1. The molecule has 130 valence electrons. The van der Waals surface area contributed by atoms with Crippen LogP contribution in [0.3, 0.4) is 0 Å². The van der Waals surface area contributed by atoms with E-state index in [2.05, 4.69) is 35.5 Å². The largest absolute Gasteiger partial charge is 0.379 e. The van der Waals surface area contributed by atoms with Crippen LogP contribution in [-0.2, 0) is 4.74 Å². The Morgan fingerprint density at radius 1 is 1.12 bits per heavy atom. The second kappa shape index (κ2) is 7.51. The molecule has 0 aromatic carbocycles. The van der Waals surface area contributed by atoms with Gasteiger partial charge in [0.1, 0.15) is 17.2 Å². The number of morpholine rings is 1. The van der Waals surface area contributed by atoms with E-state index in [4.69, 9.17) is 9.72 Å². The fraction of sp³-hybridized carbons (Fsp3) is 0.333. The number of hydrogen-bond donors (Lipinski definition) is 1. The van der Waals surface area contributed by atoms with Crippen molar-refractivity contribution in [1.29, 1.82) is 0 Å². The van der Waals surface area contributed by atoms with Crippen molar-refractivity contribution >= 4 is 27.4 Å². The van der Waals surface area contributed by atoms with E-state index in [0.717, 1.165) is 66.6 Å². The van der Waals surface area contributed by atoms with Crippen LogP contribution in [-0.4, -0.2) is 58.7 Å². The first-order chi connectivity index (χ1) is 12.3. The highest BCUT2D eigenvalue weighted by Gasteiger charge is 2.15. The van der Waals surface area contributed by atoms with Crippen LogP contribution in [0.4, 0.5) is 5.82 Å². The molecule has 0 unspecified atom stereocenters. The van der Waals surface area contributed by atoms with Crippen molar-refractivity contribution in [2.45, 2.75) is 0 Å². The molecule has 7 heteroatoms. The van der Waals surface area contributed by atoms with Crippen LogP contribution in [0.15, 0.2) is 47.3 Å². The molecule has 3 aromatic rings. The van der Waals surface area contributed by atoms with Crippen LogP contribution < -0.4 is 5.32 Å².